The Balaban J connectivity index is 2.08. The van der Waals surface area contributed by atoms with Crippen LogP contribution in [0.5, 0.6) is 0 Å². The van der Waals surface area contributed by atoms with Crippen molar-refractivity contribution in [1.29, 1.82) is 0 Å². The Morgan fingerprint density at radius 1 is 1.25 bits per heavy atom. The number of nitrogens with zero attached hydrogens (tertiary/aromatic N) is 4. The fourth-order valence-corrected chi connectivity index (χ4v) is 5.64. The van der Waals surface area contributed by atoms with Crippen molar-refractivity contribution in [3.8, 4) is 0 Å². The number of aromatic amines is 1. The third-order valence-electron chi connectivity index (χ3n) is 6.21. The third-order valence-corrected chi connectivity index (χ3v) is 7.97. The molecule has 3 N–H and O–H groups in total. The number of likely N-dealkylation sites (N-methyl/N-ethyl adjacent to an activating group) is 1. The maximum absolute atomic E-state index is 14.9. The van der Waals surface area contributed by atoms with Gasteiger partial charge in [-0.2, -0.15) is 9.94 Å². The number of halogens is 2. The molecule has 0 spiro atoms. The zero-order chi connectivity index (χ0) is 27.0. The Labute approximate surface area is 213 Å². The second kappa shape index (κ2) is 10.2. The summed E-state index contributed by atoms with van der Waals surface area (Å²) in [4.78, 5) is 13.4. The zero-order valence-corrected chi connectivity index (χ0v) is 22.2. The number of tetrazole rings is 1. The first kappa shape index (κ1) is 27.7. The van der Waals surface area contributed by atoms with Gasteiger partial charge in [0.2, 0.25) is 10.0 Å². The van der Waals surface area contributed by atoms with E-state index in [4.69, 9.17) is 11.6 Å². The van der Waals surface area contributed by atoms with Crippen LogP contribution in [0.4, 0.5) is 4.39 Å². The van der Waals surface area contributed by atoms with Crippen molar-refractivity contribution >= 4 is 27.5 Å². The Hall–Kier alpha value is -2.93. The van der Waals surface area contributed by atoms with Crippen LogP contribution in [0.2, 0.25) is 5.02 Å². The number of amides is 1. The van der Waals surface area contributed by atoms with Gasteiger partial charge in [-0.15, -0.1) is 10.2 Å². The number of hydrogen-bond acceptors (Lipinski definition) is 7. The molecular weight excluding hydrogens is 511 g/mol. The lowest BCUT2D eigenvalue weighted by molar-refractivity contribution is -0.147. The summed E-state index contributed by atoms with van der Waals surface area (Å²) in [5.41, 5.74) is -0.363. The molecule has 3 rings (SSSR count). The quantitative estimate of drug-likeness (QED) is 0.400. The fraction of sp³-hybridized carbons (Fsp3) is 0.391. The summed E-state index contributed by atoms with van der Waals surface area (Å²) < 4.78 is 44.4. The topological polar surface area (TPSA) is 141 Å². The summed E-state index contributed by atoms with van der Waals surface area (Å²) in [7, 11) is -1.40. The maximum atomic E-state index is 14.9. The van der Waals surface area contributed by atoms with Crippen molar-refractivity contribution in [3.63, 3.8) is 0 Å². The van der Waals surface area contributed by atoms with Gasteiger partial charge in [0.05, 0.1) is 10.9 Å². The minimum absolute atomic E-state index is 0.00897. The van der Waals surface area contributed by atoms with Crippen LogP contribution in [0.3, 0.4) is 0 Å². The van der Waals surface area contributed by atoms with E-state index in [9.17, 15) is 22.7 Å². The molecule has 1 aromatic heterocycles. The summed E-state index contributed by atoms with van der Waals surface area (Å²) in [5.74, 6) is -1.90. The van der Waals surface area contributed by atoms with E-state index >= 15 is 0 Å². The van der Waals surface area contributed by atoms with E-state index in [-0.39, 0.29) is 21.3 Å². The van der Waals surface area contributed by atoms with Gasteiger partial charge in [-0.05, 0) is 61.7 Å². The largest absolute Gasteiger partial charge is 0.375 e. The second-order valence-electron chi connectivity index (χ2n) is 8.97. The smallest absolute Gasteiger partial charge is 0.258 e. The van der Waals surface area contributed by atoms with E-state index in [1.165, 1.54) is 44.1 Å². The number of rotatable bonds is 8. The van der Waals surface area contributed by atoms with E-state index in [1.54, 1.807) is 19.9 Å². The van der Waals surface area contributed by atoms with Gasteiger partial charge >= 0.3 is 0 Å². The van der Waals surface area contributed by atoms with Crippen LogP contribution in [-0.4, -0.2) is 59.1 Å². The molecule has 36 heavy (non-hydrogen) atoms. The van der Waals surface area contributed by atoms with Crippen LogP contribution in [0.25, 0.3) is 0 Å². The Bertz CT molecular complexity index is 1380. The number of aromatic nitrogens is 4. The SMILES string of the molecule is Cc1ccc(F)c([C@@H](C)[C@H](NS(=O)(=O)c2ccc(Cl)c(C(C)(O)C(=O)N(C)C)c2)c2nn[nH]n2)c1C. The van der Waals surface area contributed by atoms with Crippen molar-refractivity contribution in [3.05, 3.63) is 69.2 Å². The molecule has 0 fully saturated rings. The van der Waals surface area contributed by atoms with Gasteiger partial charge in [-0.1, -0.05) is 29.8 Å². The lowest BCUT2D eigenvalue weighted by Gasteiger charge is -2.28. The van der Waals surface area contributed by atoms with Crippen molar-refractivity contribution in [1.82, 2.24) is 30.2 Å². The molecule has 0 aliphatic heterocycles. The Morgan fingerprint density at radius 3 is 2.50 bits per heavy atom. The van der Waals surface area contributed by atoms with E-state index < -0.39 is 39.3 Å². The molecule has 1 amide bonds. The van der Waals surface area contributed by atoms with Crippen LogP contribution < -0.4 is 4.72 Å². The first-order chi connectivity index (χ1) is 16.7. The molecule has 1 unspecified atom stereocenters. The highest BCUT2D eigenvalue weighted by molar-refractivity contribution is 7.89. The molecule has 194 valence electrons. The van der Waals surface area contributed by atoms with Gasteiger partial charge in [0.25, 0.3) is 5.91 Å². The summed E-state index contributed by atoms with van der Waals surface area (Å²) in [6.45, 7) is 6.46. The molecule has 0 radical (unpaired) electrons. The number of carbonyl (C=O) groups is 1. The van der Waals surface area contributed by atoms with E-state index in [0.717, 1.165) is 11.6 Å². The Kier molecular flexibility index (Phi) is 7.84. The van der Waals surface area contributed by atoms with Gasteiger partial charge in [0.1, 0.15) is 5.82 Å². The predicted molar refractivity (Wildman–Crippen MR) is 131 cm³/mol. The van der Waals surface area contributed by atoms with Crippen LogP contribution in [0.15, 0.2) is 35.2 Å². The Morgan fingerprint density at radius 2 is 1.92 bits per heavy atom. The first-order valence-electron chi connectivity index (χ1n) is 10.9. The molecule has 3 atom stereocenters. The number of hydrogen-bond donors (Lipinski definition) is 3. The van der Waals surface area contributed by atoms with Gasteiger partial charge in [-0.25, -0.2) is 12.8 Å². The van der Waals surface area contributed by atoms with Crippen molar-refractivity contribution in [2.45, 2.75) is 50.2 Å². The number of sulfonamides is 1. The molecule has 0 saturated heterocycles. The highest BCUT2D eigenvalue weighted by Crippen LogP contribution is 2.36. The third kappa shape index (κ3) is 5.26. The lowest BCUT2D eigenvalue weighted by atomic mass is 9.88. The summed E-state index contributed by atoms with van der Waals surface area (Å²) in [5, 5.41) is 24.6. The number of aryl methyl sites for hydroxylation is 1. The van der Waals surface area contributed by atoms with Gasteiger partial charge in [-0.3, -0.25) is 4.79 Å². The summed E-state index contributed by atoms with van der Waals surface area (Å²) in [6.07, 6.45) is 0. The van der Waals surface area contributed by atoms with Crippen LogP contribution >= 0.6 is 11.6 Å². The fourth-order valence-electron chi connectivity index (χ4n) is 4.04. The normalized spacial score (nSPS) is 15.2. The minimum Gasteiger partial charge on any atom is -0.375 e. The summed E-state index contributed by atoms with van der Waals surface area (Å²) >= 11 is 6.23. The summed E-state index contributed by atoms with van der Waals surface area (Å²) in [6, 6.07) is 5.51. The maximum Gasteiger partial charge on any atom is 0.258 e. The average Bonchev–Trinajstić information content (AvgIpc) is 3.34. The zero-order valence-electron chi connectivity index (χ0n) is 20.7. The molecule has 13 heteroatoms. The highest BCUT2D eigenvalue weighted by Gasteiger charge is 2.38. The molecule has 10 nitrogen and oxygen atoms in total. The van der Waals surface area contributed by atoms with E-state index in [1.807, 2.05) is 6.92 Å². The molecular formula is C23H28ClFN6O4S. The molecule has 0 aliphatic carbocycles. The predicted octanol–water partition coefficient (Wildman–Crippen LogP) is 2.73. The molecule has 1 heterocycles. The second-order valence-corrected chi connectivity index (χ2v) is 11.1. The molecule has 0 bridgehead atoms. The molecule has 3 aromatic rings. The first-order valence-corrected chi connectivity index (χ1v) is 12.8. The monoisotopic (exact) mass is 538 g/mol. The minimum atomic E-state index is -4.31. The number of benzene rings is 2. The van der Waals surface area contributed by atoms with Gasteiger partial charge in [0, 0.05) is 30.6 Å². The number of carbonyl (C=O) groups excluding carboxylic acids is 1. The van der Waals surface area contributed by atoms with Gasteiger partial charge < -0.3 is 10.0 Å². The van der Waals surface area contributed by atoms with Crippen LogP contribution in [-0.2, 0) is 20.4 Å². The highest BCUT2D eigenvalue weighted by atomic mass is 35.5. The van der Waals surface area contributed by atoms with Crippen molar-refractivity contribution in [2.75, 3.05) is 14.1 Å². The average molecular weight is 539 g/mol. The number of nitrogens with one attached hydrogen (secondary N) is 2. The van der Waals surface area contributed by atoms with E-state index in [2.05, 4.69) is 25.3 Å². The molecule has 0 saturated carbocycles. The molecule has 2 aromatic carbocycles. The lowest BCUT2D eigenvalue weighted by Crippen LogP contribution is -2.41. The standard InChI is InChI=1S/C23H28ClFN6O4S/c1-12-7-10-18(25)19(13(12)2)14(3)20(21-26-29-30-27-21)28-36(34,35)15-8-9-17(24)16(11-15)23(4,33)22(32)31(5)6/h7-11,14,20,28,33H,1-6H3,(H,26,27,29,30)/t14-,20+,23?/m1/s1. The van der Waals surface area contributed by atoms with Crippen LogP contribution in [0, 0.1) is 19.7 Å². The molecule has 0 aliphatic rings. The van der Waals surface area contributed by atoms with Gasteiger partial charge in [0.15, 0.2) is 11.4 Å². The number of H-pyrrole nitrogens is 1. The van der Waals surface area contributed by atoms with Crippen molar-refractivity contribution < 1.29 is 22.7 Å². The van der Waals surface area contributed by atoms with E-state index in [0.29, 0.717) is 11.1 Å². The van der Waals surface area contributed by atoms with Crippen LogP contribution in [0.1, 0.15) is 53.9 Å². The number of aliphatic hydroxyl groups is 1. The van der Waals surface area contributed by atoms with Crippen molar-refractivity contribution in [2.24, 2.45) is 0 Å².